The number of nitrogens with zero attached hydrogens (tertiary/aromatic N) is 1. The normalized spacial score (nSPS) is 16.1. The van der Waals surface area contributed by atoms with Crippen LogP contribution in [0.15, 0.2) is 12.1 Å². The molecule has 0 N–H and O–H groups in total. The van der Waals surface area contributed by atoms with Crippen LogP contribution in [0.4, 0.5) is 0 Å². The van der Waals surface area contributed by atoms with E-state index in [1.807, 2.05) is 12.1 Å². The fraction of sp³-hybridized carbons (Fsp3) is 0.500. The molecule has 0 radical (unpaired) electrons. The van der Waals surface area contributed by atoms with Crippen LogP contribution < -0.4 is 14.2 Å². The van der Waals surface area contributed by atoms with Gasteiger partial charge in [0.2, 0.25) is 5.75 Å². The Morgan fingerprint density at radius 2 is 1.74 bits per heavy atom. The Balaban J connectivity index is 2.50. The molecule has 0 unspecified atom stereocenters. The van der Waals surface area contributed by atoms with E-state index in [0.717, 1.165) is 5.56 Å². The largest absolute Gasteiger partial charge is 0.493 e. The van der Waals surface area contributed by atoms with Gasteiger partial charge in [-0.05, 0) is 17.7 Å². The highest BCUT2D eigenvalue weighted by atomic mass is 16.5. The van der Waals surface area contributed by atoms with Crippen molar-refractivity contribution in [1.29, 1.82) is 5.26 Å². The van der Waals surface area contributed by atoms with Crippen molar-refractivity contribution in [3.63, 3.8) is 0 Å². The number of methoxy groups -OCH3 is 3. The molecule has 0 saturated carbocycles. The standard InChI is InChI=1S/C14H17NO4/c1-16-11-6-10(7-12(17-2)13(11)18-3)14(4-5-15)8-19-9-14/h6-7H,4,8-9H2,1-3H3. The molecule has 19 heavy (non-hydrogen) atoms. The number of nitriles is 1. The second-order valence-corrected chi connectivity index (χ2v) is 4.52. The van der Waals surface area contributed by atoms with Gasteiger partial charge in [0.25, 0.3) is 0 Å². The van der Waals surface area contributed by atoms with Gasteiger partial charge in [0, 0.05) is 6.42 Å². The smallest absolute Gasteiger partial charge is 0.203 e. The lowest BCUT2D eigenvalue weighted by molar-refractivity contribution is -0.0578. The maximum Gasteiger partial charge on any atom is 0.203 e. The van der Waals surface area contributed by atoms with Gasteiger partial charge in [-0.1, -0.05) is 0 Å². The molecule has 1 heterocycles. The zero-order chi connectivity index (χ0) is 13.9. The molecule has 0 atom stereocenters. The van der Waals surface area contributed by atoms with Crippen LogP contribution in [0.3, 0.4) is 0 Å². The Kier molecular flexibility index (Phi) is 3.82. The third-order valence-corrected chi connectivity index (χ3v) is 3.45. The topological polar surface area (TPSA) is 60.7 Å². The first-order chi connectivity index (χ1) is 9.20. The van der Waals surface area contributed by atoms with Crippen LogP contribution in [0.5, 0.6) is 17.2 Å². The summed E-state index contributed by atoms with van der Waals surface area (Å²) in [7, 11) is 4.72. The number of ether oxygens (including phenoxy) is 4. The van der Waals surface area contributed by atoms with E-state index in [0.29, 0.717) is 36.9 Å². The molecule has 0 aliphatic carbocycles. The summed E-state index contributed by atoms with van der Waals surface area (Å²) in [6.07, 6.45) is 0.408. The SMILES string of the molecule is COc1cc(C2(CC#N)COC2)cc(OC)c1OC. The van der Waals surface area contributed by atoms with E-state index in [2.05, 4.69) is 6.07 Å². The maximum atomic E-state index is 8.99. The molecule has 1 aliphatic heterocycles. The molecule has 1 aliphatic rings. The van der Waals surface area contributed by atoms with E-state index in [4.69, 9.17) is 24.2 Å². The molecule has 2 rings (SSSR count). The number of hydrogen-bond acceptors (Lipinski definition) is 5. The highest BCUT2D eigenvalue weighted by Gasteiger charge is 2.41. The highest BCUT2D eigenvalue weighted by molar-refractivity contribution is 5.55. The molecule has 0 aromatic heterocycles. The average molecular weight is 263 g/mol. The van der Waals surface area contributed by atoms with E-state index in [1.54, 1.807) is 21.3 Å². The van der Waals surface area contributed by atoms with Crippen LogP contribution in [0.25, 0.3) is 0 Å². The van der Waals surface area contributed by atoms with Crippen LogP contribution in [0, 0.1) is 11.3 Å². The van der Waals surface area contributed by atoms with Crippen molar-refractivity contribution in [1.82, 2.24) is 0 Å². The van der Waals surface area contributed by atoms with Gasteiger partial charge in [-0.25, -0.2) is 0 Å². The second kappa shape index (κ2) is 5.37. The molecule has 0 bridgehead atoms. The van der Waals surface area contributed by atoms with Gasteiger partial charge in [0.05, 0.1) is 46.0 Å². The van der Waals surface area contributed by atoms with E-state index in [9.17, 15) is 0 Å². The predicted molar refractivity (Wildman–Crippen MR) is 68.8 cm³/mol. The lowest BCUT2D eigenvalue weighted by atomic mass is 9.76. The Morgan fingerprint density at radius 3 is 2.05 bits per heavy atom. The third-order valence-electron chi connectivity index (χ3n) is 3.45. The summed E-state index contributed by atoms with van der Waals surface area (Å²) < 4.78 is 21.2. The first-order valence-electron chi connectivity index (χ1n) is 5.96. The zero-order valence-electron chi connectivity index (χ0n) is 11.4. The minimum absolute atomic E-state index is 0.262. The zero-order valence-corrected chi connectivity index (χ0v) is 11.4. The van der Waals surface area contributed by atoms with Crippen LogP contribution >= 0.6 is 0 Å². The molecule has 5 nitrogen and oxygen atoms in total. The van der Waals surface area contributed by atoms with Crippen molar-refractivity contribution in [3.8, 4) is 23.3 Å². The van der Waals surface area contributed by atoms with Crippen molar-refractivity contribution in [2.45, 2.75) is 11.8 Å². The summed E-state index contributed by atoms with van der Waals surface area (Å²) in [5.74, 6) is 1.75. The fourth-order valence-electron chi connectivity index (χ4n) is 2.26. The van der Waals surface area contributed by atoms with Crippen LogP contribution in [-0.4, -0.2) is 34.5 Å². The molecule has 0 amide bonds. The third kappa shape index (κ3) is 2.20. The van der Waals surface area contributed by atoms with Crippen molar-refractivity contribution in [2.24, 2.45) is 0 Å². The molecule has 1 saturated heterocycles. The van der Waals surface area contributed by atoms with Crippen LogP contribution in [-0.2, 0) is 10.2 Å². The molecular formula is C14H17NO4. The van der Waals surface area contributed by atoms with Gasteiger partial charge in [-0.3, -0.25) is 0 Å². The second-order valence-electron chi connectivity index (χ2n) is 4.52. The van der Waals surface area contributed by atoms with Crippen molar-refractivity contribution >= 4 is 0 Å². The van der Waals surface area contributed by atoms with Crippen molar-refractivity contribution in [2.75, 3.05) is 34.5 Å². The van der Waals surface area contributed by atoms with E-state index in [1.165, 1.54) is 0 Å². The monoisotopic (exact) mass is 263 g/mol. The summed E-state index contributed by atoms with van der Waals surface area (Å²) >= 11 is 0. The lowest BCUT2D eigenvalue weighted by Gasteiger charge is -2.40. The van der Waals surface area contributed by atoms with Crippen LogP contribution in [0.2, 0.25) is 0 Å². The number of rotatable bonds is 5. The summed E-state index contributed by atoms with van der Waals surface area (Å²) in [5, 5.41) is 8.99. The molecule has 5 heteroatoms. The fourth-order valence-corrected chi connectivity index (χ4v) is 2.26. The minimum Gasteiger partial charge on any atom is -0.493 e. The van der Waals surface area contributed by atoms with Crippen LogP contribution in [0.1, 0.15) is 12.0 Å². The summed E-state index contributed by atoms with van der Waals surface area (Å²) in [6.45, 7) is 1.08. The summed E-state index contributed by atoms with van der Waals surface area (Å²) in [5.41, 5.74) is 0.719. The van der Waals surface area contributed by atoms with Crippen molar-refractivity contribution in [3.05, 3.63) is 17.7 Å². The Hall–Kier alpha value is -1.93. The van der Waals surface area contributed by atoms with Gasteiger partial charge < -0.3 is 18.9 Å². The average Bonchev–Trinajstić information content (AvgIpc) is 2.41. The molecular weight excluding hydrogens is 246 g/mol. The van der Waals surface area contributed by atoms with E-state index in [-0.39, 0.29) is 5.41 Å². The van der Waals surface area contributed by atoms with Gasteiger partial charge in [-0.15, -0.1) is 0 Å². The Bertz CT molecular complexity index is 478. The van der Waals surface area contributed by atoms with Gasteiger partial charge in [0.15, 0.2) is 11.5 Å². The molecule has 1 aromatic rings. The molecule has 102 valence electrons. The van der Waals surface area contributed by atoms with Crippen molar-refractivity contribution < 1.29 is 18.9 Å². The number of hydrogen-bond donors (Lipinski definition) is 0. The van der Waals surface area contributed by atoms with Gasteiger partial charge in [-0.2, -0.15) is 5.26 Å². The Morgan fingerprint density at radius 1 is 1.16 bits per heavy atom. The number of benzene rings is 1. The summed E-state index contributed by atoms with van der Waals surface area (Å²) in [6, 6.07) is 6.00. The first-order valence-corrected chi connectivity index (χ1v) is 5.96. The quantitative estimate of drug-likeness (QED) is 0.812. The van der Waals surface area contributed by atoms with E-state index < -0.39 is 0 Å². The molecule has 1 aromatic carbocycles. The minimum atomic E-state index is -0.262. The Labute approximate surface area is 112 Å². The highest BCUT2D eigenvalue weighted by Crippen LogP contribution is 2.44. The van der Waals surface area contributed by atoms with Gasteiger partial charge >= 0.3 is 0 Å². The first kappa shape index (κ1) is 13.5. The molecule has 0 spiro atoms. The maximum absolute atomic E-state index is 8.99. The summed E-state index contributed by atoms with van der Waals surface area (Å²) in [4.78, 5) is 0. The molecule has 1 fully saturated rings. The predicted octanol–water partition coefficient (Wildman–Crippen LogP) is 1.89. The van der Waals surface area contributed by atoms with E-state index >= 15 is 0 Å². The van der Waals surface area contributed by atoms with Gasteiger partial charge in [0.1, 0.15) is 0 Å². The lowest BCUT2D eigenvalue weighted by Crippen LogP contribution is -2.46.